The number of rotatable bonds is 5. The van der Waals surface area contributed by atoms with Gasteiger partial charge < -0.3 is 10.2 Å². The summed E-state index contributed by atoms with van der Waals surface area (Å²) >= 11 is 5.99. The van der Waals surface area contributed by atoms with Crippen LogP contribution in [0.4, 0.5) is 5.69 Å². The van der Waals surface area contributed by atoms with Crippen molar-refractivity contribution in [1.82, 2.24) is 14.7 Å². The molecule has 0 spiro atoms. The summed E-state index contributed by atoms with van der Waals surface area (Å²) in [5.74, 6) is 0.403. The van der Waals surface area contributed by atoms with Crippen LogP contribution in [0, 0.1) is 5.92 Å². The highest BCUT2D eigenvalue weighted by atomic mass is 35.5. The molecule has 1 aliphatic rings. The van der Waals surface area contributed by atoms with E-state index in [1.807, 2.05) is 0 Å². The molecule has 110 valence electrons. The molecular weight excluding hydrogens is 280 g/mol. The minimum Gasteiger partial charge on any atom is -0.370 e. The summed E-state index contributed by atoms with van der Waals surface area (Å²) in [5.41, 5.74) is -0.0212. The molecule has 0 aromatic carbocycles. The number of amides is 1. The van der Waals surface area contributed by atoms with Gasteiger partial charge in [0.05, 0.1) is 17.8 Å². The Morgan fingerprint density at radius 3 is 2.80 bits per heavy atom. The van der Waals surface area contributed by atoms with Crippen molar-refractivity contribution in [3.05, 3.63) is 21.6 Å². The van der Waals surface area contributed by atoms with Crippen molar-refractivity contribution in [2.24, 2.45) is 5.92 Å². The van der Waals surface area contributed by atoms with Gasteiger partial charge in [-0.3, -0.25) is 9.59 Å². The maximum absolute atomic E-state index is 12.3. The van der Waals surface area contributed by atoms with Gasteiger partial charge in [0.15, 0.2) is 0 Å². The third kappa shape index (κ3) is 3.30. The molecule has 1 fully saturated rings. The first-order valence-corrected chi connectivity index (χ1v) is 7.06. The lowest BCUT2D eigenvalue weighted by molar-refractivity contribution is -0.126. The maximum atomic E-state index is 12.3. The highest BCUT2D eigenvalue weighted by Crippen LogP contribution is 2.27. The van der Waals surface area contributed by atoms with Gasteiger partial charge in [-0.1, -0.05) is 18.0 Å². The van der Waals surface area contributed by atoms with Crippen LogP contribution >= 0.6 is 11.6 Å². The van der Waals surface area contributed by atoms with Crippen molar-refractivity contribution in [1.29, 1.82) is 0 Å². The van der Waals surface area contributed by atoms with Crippen LogP contribution in [0.2, 0.25) is 5.02 Å². The molecule has 0 bridgehead atoms. The quantitative estimate of drug-likeness (QED) is 0.887. The van der Waals surface area contributed by atoms with Crippen LogP contribution < -0.4 is 10.9 Å². The van der Waals surface area contributed by atoms with Crippen LogP contribution in [-0.4, -0.2) is 41.2 Å². The molecule has 1 heterocycles. The molecule has 0 aliphatic heterocycles. The Labute approximate surface area is 122 Å². The van der Waals surface area contributed by atoms with E-state index in [-0.39, 0.29) is 28.7 Å². The molecule has 2 rings (SSSR count). The normalized spacial score (nSPS) is 14.8. The van der Waals surface area contributed by atoms with Gasteiger partial charge in [-0.15, -0.1) is 0 Å². The molecule has 1 aromatic rings. The summed E-state index contributed by atoms with van der Waals surface area (Å²) in [6, 6.07) is 0. The van der Waals surface area contributed by atoms with E-state index in [1.54, 1.807) is 14.1 Å². The van der Waals surface area contributed by atoms with E-state index in [0.717, 1.165) is 12.8 Å². The number of carbonyl (C=O) groups is 1. The van der Waals surface area contributed by atoms with Crippen LogP contribution in [0.5, 0.6) is 0 Å². The van der Waals surface area contributed by atoms with Crippen molar-refractivity contribution in [2.75, 3.05) is 26.0 Å². The van der Waals surface area contributed by atoms with Gasteiger partial charge in [-0.05, 0) is 18.8 Å². The number of nitrogens with one attached hydrogen (secondary N) is 1. The molecule has 6 nitrogen and oxygen atoms in total. The fraction of sp³-hybridized carbons (Fsp3) is 0.615. The molecule has 0 radical (unpaired) electrons. The standard InChI is InChI=1S/C13H19ClN4O2/c1-17(2)11(19)7-15-12-10(14)6-16-18(13(12)20)8-9-4-3-5-9/h6,9,15H,3-5,7-8H2,1-2H3. The molecule has 0 unspecified atom stereocenters. The molecular formula is C13H19ClN4O2. The van der Waals surface area contributed by atoms with Gasteiger partial charge in [-0.2, -0.15) is 5.10 Å². The summed E-state index contributed by atoms with van der Waals surface area (Å²) in [6.45, 7) is 0.654. The number of hydrogen-bond acceptors (Lipinski definition) is 4. The topological polar surface area (TPSA) is 67.2 Å². The summed E-state index contributed by atoms with van der Waals surface area (Å²) in [6.07, 6.45) is 4.94. The van der Waals surface area contributed by atoms with E-state index in [9.17, 15) is 9.59 Å². The average molecular weight is 299 g/mol. The third-order valence-electron chi connectivity index (χ3n) is 3.57. The van der Waals surface area contributed by atoms with Gasteiger partial charge in [0, 0.05) is 20.6 Å². The number of likely N-dealkylation sites (N-methyl/N-ethyl adjacent to an activating group) is 1. The van der Waals surface area contributed by atoms with Crippen molar-refractivity contribution >= 4 is 23.2 Å². The molecule has 1 aliphatic carbocycles. The minimum absolute atomic E-state index is 0.0371. The van der Waals surface area contributed by atoms with E-state index in [1.165, 1.54) is 22.2 Å². The molecule has 1 N–H and O–H groups in total. The van der Waals surface area contributed by atoms with E-state index in [4.69, 9.17) is 11.6 Å². The Bertz CT molecular complexity index is 552. The number of nitrogens with zero attached hydrogens (tertiary/aromatic N) is 3. The largest absolute Gasteiger partial charge is 0.370 e. The lowest BCUT2D eigenvalue weighted by Gasteiger charge is -2.25. The minimum atomic E-state index is -0.268. The lowest BCUT2D eigenvalue weighted by atomic mass is 9.85. The van der Waals surface area contributed by atoms with E-state index >= 15 is 0 Å². The van der Waals surface area contributed by atoms with E-state index < -0.39 is 0 Å². The Hall–Kier alpha value is -1.56. The Morgan fingerprint density at radius 2 is 2.25 bits per heavy atom. The number of aromatic nitrogens is 2. The second-order valence-corrected chi connectivity index (χ2v) is 5.70. The van der Waals surface area contributed by atoms with Gasteiger partial charge in [0.1, 0.15) is 5.69 Å². The number of hydrogen-bond donors (Lipinski definition) is 1. The Kier molecular flexibility index (Phi) is 4.65. The van der Waals surface area contributed by atoms with Crippen LogP contribution in [-0.2, 0) is 11.3 Å². The molecule has 1 saturated carbocycles. The van der Waals surface area contributed by atoms with Crippen molar-refractivity contribution in [3.63, 3.8) is 0 Å². The molecule has 20 heavy (non-hydrogen) atoms. The Morgan fingerprint density at radius 1 is 1.55 bits per heavy atom. The molecule has 7 heteroatoms. The average Bonchev–Trinajstić information content (AvgIpc) is 2.35. The molecule has 0 atom stereocenters. The SMILES string of the molecule is CN(C)C(=O)CNc1c(Cl)cnn(CC2CCC2)c1=O. The maximum Gasteiger partial charge on any atom is 0.291 e. The van der Waals surface area contributed by atoms with Crippen molar-refractivity contribution < 1.29 is 4.79 Å². The first-order valence-electron chi connectivity index (χ1n) is 6.68. The van der Waals surface area contributed by atoms with Gasteiger partial charge in [-0.25, -0.2) is 4.68 Å². The van der Waals surface area contributed by atoms with Crippen molar-refractivity contribution in [2.45, 2.75) is 25.8 Å². The summed E-state index contributed by atoms with van der Waals surface area (Å²) in [4.78, 5) is 25.3. The van der Waals surface area contributed by atoms with Gasteiger partial charge in [0.2, 0.25) is 5.91 Å². The van der Waals surface area contributed by atoms with Crippen LogP contribution in [0.3, 0.4) is 0 Å². The third-order valence-corrected chi connectivity index (χ3v) is 3.86. The predicted molar refractivity (Wildman–Crippen MR) is 78.0 cm³/mol. The number of halogens is 1. The first kappa shape index (κ1) is 14.8. The van der Waals surface area contributed by atoms with Crippen LogP contribution in [0.25, 0.3) is 0 Å². The smallest absolute Gasteiger partial charge is 0.291 e. The van der Waals surface area contributed by atoms with Gasteiger partial charge >= 0.3 is 0 Å². The molecule has 1 aromatic heterocycles. The highest BCUT2D eigenvalue weighted by Gasteiger charge is 2.20. The van der Waals surface area contributed by atoms with E-state index in [0.29, 0.717) is 12.5 Å². The second-order valence-electron chi connectivity index (χ2n) is 5.29. The summed E-state index contributed by atoms with van der Waals surface area (Å²) < 4.78 is 1.43. The molecule has 1 amide bonds. The first-order chi connectivity index (χ1) is 9.49. The van der Waals surface area contributed by atoms with Crippen LogP contribution in [0.15, 0.2) is 11.0 Å². The fourth-order valence-corrected chi connectivity index (χ4v) is 2.19. The molecule has 0 saturated heterocycles. The monoisotopic (exact) mass is 298 g/mol. The fourth-order valence-electron chi connectivity index (χ4n) is 2.00. The number of anilines is 1. The number of carbonyl (C=O) groups excluding carboxylic acids is 1. The van der Waals surface area contributed by atoms with Crippen molar-refractivity contribution in [3.8, 4) is 0 Å². The van der Waals surface area contributed by atoms with Gasteiger partial charge in [0.25, 0.3) is 5.56 Å². The zero-order chi connectivity index (χ0) is 14.7. The Balaban J connectivity index is 2.12. The zero-order valence-electron chi connectivity index (χ0n) is 11.7. The highest BCUT2D eigenvalue weighted by molar-refractivity contribution is 6.33. The lowest BCUT2D eigenvalue weighted by Crippen LogP contribution is -2.34. The zero-order valence-corrected chi connectivity index (χ0v) is 12.5. The van der Waals surface area contributed by atoms with Crippen LogP contribution in [0.1, 0.15) is 19.3 Å². The summed E-state index contributed by atoms with van der Waals surface area (Å²) in [5, 5.41) is 7.12. The summed E-state index contributed by atoms with van der Waals surface area (Å²) in [7, 11) is 3.32. The predicted octanol–water partition coefficient (Wildman–Crippen LogP) is 1.20. The second kappa shape index (κ2) is 6.26. The van der Waals surface area contributed by atoms with E-state index in [2.05, 4.69) is 10.4 Å².